The van der Waals surface area contributed by atoms with Gasteiger partial charge in [0.1, 0.15) is 17.0 Å². The summed E-state index contributed by atoms with van der Waals surface area (Å²) in [5, 5.41) is 14.9. The fourth-order valence-electron chi connectivity index (χ4n) is 1.86. The molecular formula is C13H11BrN2O5. The van der Waals surface area contributed by atoms with Gasteiger partial charge in [0.25, 0.3) is 5.69 Å². The van der Waals surface area contributed by atoms with Crippen LogP contribution in [0.25, 0.3) is 11.3 Å². The number of nitro benzene ring substituents is 1. The molecule has 0 aliphatic heterocycles. The number of halogens is 1. The van der Waals surface area contributed by atoms with Crippen molar-refractivity contribution in [3.05, 3.63) is 44.1 Å². The van der Waals surface area contributed by atoms with E-state index in [4.69, 9.17) is 9.26 Å². The van der Waals surface area contributed by atoms with Gasteiger partial charge in [0.2, 0.25) is 0 Å². The maximum atomic E-state index is 12.0. The Balaban J connectivity index is 2.63. The lowest BCUT2D eigenvalue weighted by atomic mass is 10.0. The Morgan fingerprint density at radius 3 is 2.86 bits per heavy atom. The van der Waals surface area contributed by atoms with Gasteiger partial charge in [0.05, 0.1) is 17.1 Å². The van der Waals surface area contributed by atoms with E-state index >= 15 is 0 Å². The Kier molecular flexibility index (Phi) is 4.37. The van der Waals surface area contributed by atoms with E-state index in [1.807, 2.05) is 0 Å². The summed E-state index contributed by atoms with van der Waals surface area (Å²) in [4.78, 5) is 22.6. The third-order valence-electron chi connectivity index (χ3n) is 2.75. The first-order valence-electron chi connectivity index (χ1n) is 6.03. The first-order chi connectivity index (χ1) is 9.95. The van der Waals surface area contributed by atoms with Crippen LogP contribution in [0.4, 0.5) is 5.69 Å². The molecule has 0 saturated carbocycles. The topological polar surface area (TPSA) is 95.5 Å². The summed E-state index contributed by atoms with van der Waals surface area (Å²) in [7, 11) is 0. The van der Waals surface area contributed by atoms with Crippen molar-refractivity contribution in [1.82, 2.24) is 5.16 Å². The number of hydrogen-bond acceptors (Lipinski definition) is 6. The van der Waals surface area contributed by atoms with Crippen LogP contribution in [-0.4, -0.2) is 22.7 Å². The summed E-state index contributed by atoms with van der Waals surface area (Å²) in [5.74, 6) is -0.371. The van der Waals surface area contributed by atoms with Crippen LogP contribution in [0, 0.1) is 17.0 Å². The molecular weight excluding hydrogens is 344 g/mol. The van der Waals surface area contributed by atoms with Crippen LogP contribution in [0.15, 0.2) is 27.2 Å². The van der Waals surface area contributed by atoms with Gasteiger partial charge in [0, 0.05) is 10.5 Å². The Labute approximate surface area is 128 Å². The van der Waals surface area contributed by atoms with Gasteiger partial charge in [-0.2, -0.15) is 0 Å². The molecule has 1 aromatic carbocycles. The third-order valence-corrected chi connectivity index (χ3v) is 3.25. The molecule has 2 rings (SSSR count). The molecule has 1 aromatic heterocycles. The molecule has 1 heterocycles. The summed E-state index contributed by atoms with van der Waals surface area (Å²) >= 11 is 3.17. The van der Waals surface area contributed by atoms with Crippen LogP contribution in [0.2, 0.25) is 0 Å². The number of nitrogens with zero attached hydrogens (tertiary/aromatic N) is 2. The molecule has 0 aliphatic rings. The Morgan fingerprint density at radius 2 is 2.24 bits per heavy atom. The molecule has 0 aliphatic carbocycles. The fourth-order valence-corrected chi connectivity index (χ4v) is 2.20. The zero-order valence-corrected chi connectivity index (χ0v) is 12.8. The van der Waals surface area contributed by atoms with Gasteiger partial charge >= 0.3 is 5.97 Å². The fraction of sp³-hybridized carbons (Fsp3) is 0.231. The van der Waals surface area contributed by atoms with Crippen LogP contribution in [-0.2, 0) is 4.74 Å². The zero-order valence-electron chi connectivity index (χ0n) is 11.3. The number of aryl methyl sites for hydroxylation is 1. The van der Waals surface area contributed by atoms with E-state index < -0.39 is 10.9 Å². The minimum Gasteiger partial charge on any atom is -0.462 e. The van der Waals surface area contributed by atoms with Crippen LogP contribution in [0.5, 0.6) is 0 Å². The van der Waals surface area contributed by atoms with E-state index in [0.29, 0.717) is 4.47 Å². The van der Waals surface area contributed by atoms with Crippen LogP contribution in [0.3, 0.4) is 0 Å². The normalized spacial score (nSPS) is 10.4. The van der Waals surface area contributed by atoms with E-state index in [1.165, 1.54) is 12.1 Å². The standard InChI is InChI=1S/C13H11BrN2O5/c1-3-20-13(17)11-7(2)21-15-12(11)9-5-4-8(14)6-10(9)16(18)19/h4-6H,3H2,1-2H3. The van der Waals surface area contributed by atoms with Crippen molar-refractivity contribution >= 4 is 27.6 Å². The molecule has 0 unspecified atom stereocenters. The van der Waals surface area contributed by atoms with E-state index in [9.17, 15) is 14.9 Å². The highest BCUT2D eigenvalue weighted by molar-refractivity contribution is 9.10. The number of esters is 1. The first kappa shape index (κ1) is 15.2. The van der Waals surface area contributed by atoms with Gasteiger partial charge < -0.3 is 9.26 Å². The third kappa shape index (κ3) is 2.94. The lowest BCUT2D eigenvalue weighted by molar-refractivity contribution is -0.384. The average molecular weight is 355 g/mol. The molecule has 0 bridgehead atoms. The number of ether oxygens (including phenoxy) is 1. The number of hydrogen-bond donors (Lipinski definition) is 0. The molecule has 0 spiro atoms. The van der Waals surface area contributed by atoms with Gasteiger partial charge in [-0.1, -0.05) is 21.1 Å². The van der Waals surface area contributed by atoms with Crippen LogP contribution < -0.4 is 0 Å². The Morgan fingerprint density at radius 1 is 1.52 bits per heavy atom. The minimum absolute atomic E-state index is 0.0993. The number of nitro groups is 1. The largest absolute Gasteiger partial charge is 0.462 e. The molecule has 2 aromatic rings. The predicted molar refractivity (Wildman–Crippen MR) is 77.0 cm³/mol. The SMILES string of the molecule is CCOC(=O)c1c(-c2ccc(Br)cc2[N+](=O)[O-])noc1C. The van der Waals surface area contributed by atoms with Crippen molar-refractivity contribution in [1.29, 1.82) is 0 Å². The quantitative estimate of drug-likeness (QED) is 0.473. The van der Waals surface area contributed by atoms with E-state index in [2.05, 4.69) is 21.1 Å². The number of carbonyl (C=O) groups is 1. The summed E-state index contributed by atoms with van der Waals surface area (Å²) < 4.78 is 10.5. The highest BCUT2D eigenvalue weighted by atomic mass is 79.9. The summed E-state index contributed by atoms with van der Waals surface area (Å²) in [6.45, 7) is 3.40. The predicted octanol–water partition coefficient (Wildman–Crippen LogP) is 3.50. The molecule has 0 atom stereocenters. The molecule has 0 radical (unpaired) electrons. The smallest absolute Gasteiger partial charge is 0.344 e. The lowest BCUT2D eigenvalue weighted by Gasteiger charge is -2.04. The van der Waals surface area contributed by atoms with Crippen molar-refractivity contribution in [2.45, 2.75) is 13.8 Å². The highest BCUT2D eigenvalue weighted by Gasteiger charge is 2.27. The molecule has 0 amide bonds. The number of benzene rings is 1. The van der Waals surface area contributed by atoms with Crippen molar-refractivity contribution < 1.29 is 19.0 Å². The van der Waals surface area contributed by atoms with Gasteiger partial charge in [0.15, 0.2) is 0 Å². The molecule has 8 heteroatoms. The Hall–Kier alpha value is -2.22. The van der Waals surface area contributed by atoms with Crippen LogP contribution >= 0.6 is 15.9 Å². The summed E-state index contributed by atoms with van der Waals surface area (Å²) in [6.07, 6.45) is 0. The maximum Gasteiger partial charge on any atom is 0.344 e. The van der Waals surface area contributed by atoms with Crippen LogP contribution in [0.1, 0.15) is 23.0 Å². The number of carbonyl (C=O) groups excluding carboxylic acids is 1. The van der Waals surface area contributed by atoms with Gasteiger partial charge in [-0.05, 0) is 26.0 Å². The van der Waals surface area contributed by atoms with E-state index in [1.54, 1.807) is 19.9 Å². The maximum absolute atomic E-state index is 12.0. The average Bonchev–Trinajstić information content (AvgIpc) is 2.80. The lowest BCUT2D eigenvalue weighted by Crippen LogP contribution is -2.07. The monoisotopic (exact) mass is 354 g/mol. The van der Waals surface area contributed by atoms with Gasteiger partial charge in [-0.25, -0.2) is 4.79 Å². The first-order valence-corrected chi connectivity index (χ1v) is 6.82. The second-order valence-electron chi connectivity index (χ2n) is 4.10. The molecule has 7 nitrogen and oxygen atoms in total. The second kappa shape index (κ2) is 6.04. The van der Waals surface area contributed by atoms with Crippen molar-refractivity contribution in [3.8, 4) is 11.3 Å². The van der Waals surface area contributed by atoms with E-state index in [-0.39, 0.29) is 34.9 Å². The minimum atomic E-state index is -0.622. The Bertz CT molecular complexity index is 711. The molecule has 110 valence electrons. The van der Waals surface area contributed by atoms with E-state index in [0.717, 1.165) is 0 Å². The second-order valence-corrected chi connectivity index (χ2v) is 5.02. The summed E-state index contributed by atoms with van der Waals surface area (Å²) in [5.41, 5.74) is 0.221. The van der Waals surface area contributed by atoms with Gasteiger partial charge in [-0.15, -0.1) is 0 Å². The number of aromatic nitrogens is 1. The summed E-state index contributed by atoms with van der Waals surface area (Å²) in [6, 6.07) is 4.47. The zero-order chi connectivity index (χ0) is 15.6. The number of rotatable bonds is 4. The van der Waals surface area contributed by atoms with Crippen molar-refractivity contribution in [3.63, 3.8) is 0 Å². The molecule has 21 heavy (non-hydrogen) atoms. The molecule has 0 fully saturated rings. The van der Waals surface area contributed by atoms with Crippen molar-refractivity contribution in [2.24, 2.45) is 0 Å². The molecule has 0 saturated heterocycles. The van der Waals surface area contributed by atoms with Gasteiger partial charge in [-0.3, -0.25) is 10.1 Å². The molecule has 0 N–H and O–H groups in total. The van der Waals surface area contributed by atoms with Crippen molar-refractivity contribution in [2.75, 3.05) is 6.61 Å². The highest BCUT2D eigenvalue weighted by Crippen LogP contribution is 2.34.